The lowest BCUT2D eigenvalue weighted by molar-refractivity contribution is 0.0647. The molecule has 0 saturated carbocycles. The van der Waals surface area contributed by atoms with Gasteiger partial charge in [0.2, 0.25) is 0 Å². The third-order valence-electron chi connectivity index (χ3n) is 5.54. The van der Waals surface area contributed by atoms with Gasteiger partial charge in [0.15, 0.2) is 0 Å². The van der Waals surface area contributed by atoms with E-state index in [1.54, 1.807) is 0 Å². The summed E-state index contributed by atoms with van der Waals surface area (Å²) in [6.45, 7) is 10.4. The minimum atomic E-state index is 0.637. The van der Waals surface area contributed by atoms with Crippen molar-refractivity contribution in [3.8, 4) is 0 Å². The molecule has 0 radical (unpaired) electrons. The number of hydrogen-bond acceptors (Lipinski definition) is 2. The molecule has 0 aliphatic carbocycles. The molecule has 1 saturated heterocycles. The Balaban J connectivity index is 2.34. The second kappa shape index (κ2) is 8.97. The highest BCUT2D eigenvalue weighted by Gasteiger charge is 2.32. The molecule has 0 aromatic carbocycles. The van der Waals surface area contributed by atoms with E-state index in [0.29, 0.717) is 11.5 Å². The molecule has 114 valence electrons. The highest BCUT2D eigenvalue weighted by atomic mass is 15.2. The molecule has 1 unspecified atom stereocenters. The molecule has 0 aromatic rings. The lowest BCUT2D eigenvalue weighted by Gasteiger charge is -2.44. The summed E-state index contributed by atoms with van der Waals surface area (Å²) in [4.78, 5) is 2.68. The van der Waals surface area contributed by atoms with Crippen LogP contribution in [0.1, 0.15) is 78.6 Å². The van der Waals surface area contributed by atoms with Gasteiger partial charge in [-0.05, 0) is 37.8 Å². The first-order valence-electron chi connectivity index (χ1n) is 8.65. The summed E-state index contributed by atoms with van der Waals surface area (Å²) >= 11 is 0. The largest absolute Gasteiger partial charge is 0.329 e. The van der Waals surface area contributed by atoms with Crippen LogP contribution in [0.15, 0.2) is 0 Å². The highest BCUT2D eigenvalue weighted by Crippen LogP contribution is 2.38. The molecule has 1 atom stereocenters. The van der Waals surface area contributed by atoms with E-state index < -0.39 is 0 Å². The van der Waals surface area contributed by atoms with Crippen molar-refractivity contribution in [2.45, 2.75) is 84.6 Å². The Bertz CT molecular complexity index is 213. The normalized spacial score (nSPS) is 21.5. The maximum absolute atomic E-state index is 6.01. The molecule has 1 fully saturated rings. The van der Waals surface area contributed by atoms with Crippen LogP contribution in [0, 0.1) is 5.41 Å². The van der Waals surface area contributed by atoms with Gasteiger partial charge in [0.1, 0.15) is 0 Å². The van der Waals surface area contributed by atoms with E-state index in [1.165, 1.54) is 70.9 Å². The monoisotopic (exact) mass is 268 g/mol. The minimum Gasteiger partial charge on any atom is -0.329 e. The van der Waals surface area contributed by atoms with Crippen LogP contribution >= 0.6 is 0 Å². The Kier molecular flexibility index (Phi) is 8.01. The van der Waals surface area contributed by atoms with E-state index in [9.17, 15) is 0 Å². The van der Waals surface area contributed by atoms with Crippen molar-refractivity contribution in [2.24, 2.45) is 11.1 Å². The fourth-order valence-electron chi connectivity index (χ4n) is 3.58. The van der Waals surface area contributed by atoms with E-state index >= 15 is 0 Å². The average Bonchev–Trinajstić information content (AvgIpc) is 2.48. The second-order valence-electron chi connectivity index (χ2n) is 6.48. The Morgan fingerprint density at radius 1 is 1.00 bits per heavy atom. The molecule has 1 heterocycles. The molecule has 19 heavy (non-hydrogen) atoms. The van der Waals surface area contributed by atoms with E-state index in [-0.39, 0.29) is 0 Å². The smallest absolute Gasteiger partial charge is 0.0218 e. The Labute approximate surface area is 121 Å². The molecule has 0 amide bonds. The van der Waals surface area contributed by atoms with Crippen molar-refractivity contribution in [1.82, 2.24) is 4.90 Å². The second-order valence-corrected chi connectivity index (χ2v) is 6.48. The van der Waals surface area contributed by atoms with Crippen LogP contribution in [0.4, 0.5) is 0 Å². The third kappa shape index (κ3) is 5.07. The number of unbranched alkanes of at least 4 members (excludes halogenated alkanes) is 3. The standard InChI is InChI=1S/C17H36N2/c1-4-7-8-9-10-16(15-18)19-13-11-17(5-2,6-3)12-14-19/h16H,4-15,18H2,1-3H3. The van der Waals surface area contributed by atoms with Crippen LogP contribution in [0.25, 0.3) is 0 Å². The van der Waals surface area contributed by atoms with Crippen molar-refractivity contribution in [2.75, 3.05) is 19.6 Å². The summed E-state index contributed by atoms with van der Waals surface area (Å²) in [5, 5.41) is 0. The molecular formula is C17H36N2. The van der Waals surface area contributed by atoms with Gasteiger partial charge in [-0.1, -0.05) is 59.3 Å². The van der Waals surface area contributed by atoms with Crippen LogP contribution in [0.3, 0.4) is 0 Å². The fraction of sp³-hybridized carbons (Fsp3) is 1.00. The third-order valence-corrected chi connectivity index (χ3v) is 5.54. The predicted molar refractivity (Wildman–Crippen MR) is 85.4 cm³/mol. The maximum atomic E-state index is 6.01. The maximum Gasteiger partial charge on any atom is 0.0218 e. The van der Waals surface area contributed by atoms with Crippen LogP contribution in [0.5, 0.6) is 0 Å². The first-order valence-corrected chi connectivity index (χ1v) is 8.65. The summed E-state index contributed by atoms with van der Waals surface area (Å²) in [6.07, 6.45) is 12.2. The topological polar surface area (TPSA) is 29.3 Å². The molecule has 1 aliphatic heterocycles. The zero-order valence-corrected chi connectivity index (χ0v) is 13.6. The summed E-state index contributed by atoms with van der Waals surface area (Å²) in [5.74, 6) is 0. The minimum absolute atomic E-state index is 0.637. The molecule has 1 rings (SSSR count). The summed E-state index contributed by atoms with van der Waals surface area (Å²) < 4.78 is 0. The Hall–Kier alpha value is -0.0800. The Morgan fingerprint density at radius 3 is 2.11 bits per heavy atom. The molecule has 0 aromatic heterocycles. The van der Waals surface area contributed by atoms with Gasteiger partial charge in [-0.25, -0.2) is 0 Å². The molecule has 0 spiro atoms. The highest BCUT2D eigenvalue weighted by molar-refractivity contribution is 4.86. The van der Waals surface area contributed by atoms with E-state index in [2.05, 4.69) is 25.7 Å². The van der Waals surface area contributed by atoms with Crippen LogP contribution in [0.2, 0.25) is 0 Å². The Morgan fingerprint density at radius 2 is 1.63 bits per heavy atom. The summed E-state index contributed by atoms with van der Waals surface area (Å²) in [5.41, 5.74) is 6.65. The lowest BCUT2D eigenvalue weighted by Crippen LogP contribution is -2.47. The van der Waals surface area contributed by atoms with Crippen molar-refractivity contribution >= 4 is 0 Å². The van der Waals surface area contributed by atoms with Gasteiger partial charge in [-0.2, -0.15) is 0 Å². The van der Waals surface area contributed by atoms with Gasteiger partial charge in [-0.3, -0.25) is 4.90 Å². The SMILES string of the molecule is CCCCCCC(CN)N1CCC(CC)(CC)CC1. The predicted octanol–water partition coefficient (Wildman–Crippen LogP) is 4.19. The number of nitrogens with two attached hydrogens (primary N) is 1. The molecular weight excluding hydrogens is 232 g/mol. The van der Waals surface area contributed by atoms with Crippen LogP contribution in [-0.2, 0) is 0 Å². The number of likely N-dealkylation sites (tertiary alicyclic amines) is 1. The van der Waals surface area contributed by atoms with Crippen molar-refractivity contribution in [3.63, 3.8) is 0 Å². The van der Waals surface area contributed by atoms with E-state index in [4.69, 9.17) is 5.73 Å². The van der Waals surface area contributed by atoms with Gasteiger partial charge in [-0.15, -0.1) is 0 Å². The zero-order valence-electron chi connectivity index (χ0n) is 13.6. The van der Waals surface area contributed by atoms with E-state index in [0.717, 1.165) is 6.54 Å². The number of rotatable bonds is 9. The van der Waals surface area contributed by atoms with Gasteiger partial charge >= 0.3 is 0 Å². The zero-order chi connectivity index (χ0) is 14.1. The van der Waals surface area contributed by atoms with Crippen molar-refractivity contribution in [3.05, 3.63) is 0 Å². The van der Waals surface area contributed by atoms with Crippen LogP contribution in [-0.4, -0.2) is 30.6 Å². The van der Waals surface area contributed by atoms with Gasteiger partial charge < -0.3 is 5.73 Å². The van der Waals surface area contributed by atoms with Crippen molar-refractivity contribution in [1.29, 1.82) is 0 Å². The fourth-order valence-corrected chi connectivity index (χ4v) is 3.58. The lowest BCUT2D eigenvalue weighted by atomic mass is 9.74. The van der Waals surface area contributed by atoms with Crippen molar-refractivity contribution < 1.29 is 0 Å². The first kappa shape index (κ1) is 17.0. The van der Waals surface area contributed by atoms with Gasteiger partial charge in [0.25, 0.3) is 0 Å². The molecule has 0 bridgehead atoms. The number of hydrogen-bond donors (Lipinski definition) is 1. The molecule has 1 aliphatic rings. The summed E-state index contributed by atoms with van der Waals surface area (Å²) in [7, 11) is 0. The number of piperidine rings is 1. The quantitative estimate of drug-likeness (QED) is 0.635. The molecule has 2 N–H and O–H groups in total. The van der Waals surface area contributed by atoms with Gasteiger partial charge in [0.05, 0.1) is 0 Å². The molecule has 2 heteroatoms. The van der Waals surface area contributed by atoms with Gasteiger partial charge in [0, 0.05) is 12.6 Å². The number of nitrogens with zero attached hydrogens (tertiary/aromatic N) is 1. The van der Waals surface area contributed by atoms with E-state index in [1.807, 2.05) is 0 Å². The molecule has 2 nitrogen and oxygen atoms in total. The van der Waals surface area contributed by atoms with Crippen LogP contribution < -0.4 is 5.73 Å². The summed E-state index contributed by atoms with van der Waals surface area (Å²) in [6, 6.07) is 0.642. The average molecular weight is 268 g/mol. The first-order chi connectivity index (χ1) is 9.21.